The number of anilines is 1. The van der Waals surface area contributed by atoms with Crippen LogP contribution in [0.15, 0.2) is 36.4 Å². The minimum absolute atomic E-state index is 0.144. The smallest absolute Gasteiger partial charge is 0.286 e. The van der Waals surface area contributed by atoms with Gasteiger partial charge in [-0.15, -0.1) is 0 Å². The molecule has 0 bridgehead atoms. The fourth-order valence-corrected chi connectivity index (χ4v) is 4.46. The first-order valence-corrected chi connectivity index (χ1v) is 10.7. The number of methoxy groups -OCH3 is 3. The van der Waals surface area contributed by atoms with E-state index in [4.69, 9.17) is 14.2 Å². The van der Waals surface area contributed by atoms with Crippen molar-refractivity contribution in [2.75, 3.05) is 26.6 Å². The average Bonchev–Trinajstić information content (AvgIpc) is 3.40. The van der Waals surface area contributed by atoms with Gasteiger partial charge in [0.05, 0.1) is 43.7 Å². The Morgan fingerprint density at radius 3 is 2.41 bits per heavy atom. The second kappa shape index (κ2) is 8.79. The maximum atomic E-state index is 13.2. The molecule has 1 amide bonds. The third-order valence-electron chi connectivity index (χ3n) is 5.04. The highest BCUT2D eigenvalue weighted by Crippen LogP contribution is 2.38. The van der Waals surface area contributed by atoms with Crippen molar-refractivity contribution in [3.63, 3.8) is 0 Å². The summed E-state index contributed by atoms with van der Waals surface area (Å²) in [4.78, 5) is 24.2. The first-order valence-electron chi connectivity index (χ1n) is 9.51. The van der Waals surface area contributed by atoms with E-state index in [-0.39, 0.29) is 22.7 Å². The molecule has 0 saturated heterocycles. The van der Waals surface area contributed by atoms with E-state index in [1.54, 1.807) is 35.7 Å². The monoisotopic (exact) mass is 456 g/mol. The lowest BCUT2D eigenvalue weighted by molar-refractivity contribution is -0.385. The van der Waals surface area contributed by atoms with Crippen molar-refractivity contribution in [2.45, 2.75) is 11.5 Å². The fraction of sp³-hybridized carbons (Fsp3) is 0.238. The van der Waals surface area contributed by atoms with Gasteiger partial charge in [0.15, 0.2) is 11.5 Å². The molecule has 1 aromatic heterocycles. The molecule has 0 fully saturated rings. The van der Waals surface area contributed by atoms with E-state index in [1.807, 2.05) is 12.1 Å². The Morgan fingerprint density at radius 1 is 1.09 bits per heavy atom. The first kappa shape index (κ1) is 21.5. The number of carbonyl (C=O) groups is 1. The standard InChI is InChI=1S/C21H20N4O6S/c1-29-13-6-4-12(5-7-13)24-20(15-10-32-11-16(15)23-24)22-21(26)14-8-18(30-2)19(31-3)9-17(14)25(27)28/h4-9H,10-11H2,1-3H3,(H,22,26). The second-order valence-corrected chi connectivity index (χ2v) is 7.80. The molecule has 0 spiro atoms. The van der Waals surface area contributed by atoms with Gasteiger partial charge < -0.3 is 19.5 Å². The Bertz CT molecular complexity index is 1190. The number of nitro benzene ring substituents is 1. The number of aromatic nitrogens is 2. The zero-order chi connectivity index (χ0) is 22.8. The van der Waals surface area contributed by atoms with Gasteiger partial charge in [0.25, 0.3) is 11.6 Å². The number of nitro groups is 1. The van der Waals surface area contributed by atoms with Gasteiger partial charge >= 0.3 is 0 Å². The molecular formula is C21H20N4O6S. The lowest BCUT2D eigenvalue weighted by Crippen LogP contribution is -2.18. The summed E-state index contributed by atoms with van der Waals surface area (Å²) in [5.74, 6) is 2.29. The van der Waals surface area contributed by atoms with E-state index in [2.05, 4.69) is 10.4 Å². The largest absolute Gasteiger partial charge is 0.497 e. The summed E-state index contributed by atoms with van der Waals surface area (Å²) < 4.78 is 17.2. The topological polar surface area (TPSA) is 118 Å². The van der Waals surface area contributed by atoms with Gasteiger partial charge in [-0.3, -0.25) is 14.9 Å². The van der Waals surface area contributed by atoms with Crippen LogP contribution in [0.4, 0.5) is 11.5 Å². The zero-order valence-corrected chi connectivity index (χ0v) is 18.4. The Balaban J connectivity index is 1.76. The van der Waals surface area contributed by atoms with Crippen LogP contribution in [0, 0.1) is 10.1 Å². The molecule has 0 radical (unpaired) electrons. The predicted molar refractivity (Wildman–Crippen MR) is 119 cm³/mol. The molecule has 0 aliphatic carbocycles. The number of carbonyl (C=O) groups excluding carboxylic acids is 1. The summed E-state index contributed by atoms with van der Waals surface area (Å²) in [5.41, 5.74) is 1.95. The molecule has 166 valence electrons. The minimum Gasteiger partial charge on any atom is -0.497 e. The number of hydrogen-bond donors (Lipinski definition) is 1. The Hall–Kier alpha value is -3.73. The number of benzene rings is 2. The number of nitrogens with zero attached hydrogens (tertiary/aromatic N) is 3. The fourth-order valence-electron chi connectivity index (χ4n) is 3.43. The van der Waals surface area contributed by atoms with Gasteiger partial charge in [-0.1, -0.05) is 0 Å². The molecule has 0 unspecified atom stereocenters. The van der Waals surface area contributed by atoms with Crippen molar-refractivity contribution >= 4 is 29.2 Å². The molecule has 4 rings (SSSR count). The maximum absolute atomic E-state index is 13.2. The number of nitrogens with one attached hydrogen (secondary N) is 1. The lowest BCUT2D eigenvalue weighted by Gasteiger charge is -2.13. The highest BCUT2D eigenvalue weighted by Gasteiger charge is 2.29. The van der Waals surface area contributed by atoms with Crippen LogP contribution < -0.4 is 19.5 Å². The third kappa shape index (κ3) is 3.82. The van der Waals surface area contributed by atoms with Gasteiger partial charge in [-0.2, -0.15) is 16.9 Å². The van der Waals surface area contributed by atoms with Crippen LogP contribution in [0.5, 0.6) is 17.2 Å². The molecule has 2 aromatic carbocycles. The molecule has 0 saturated carbocycles. The Morgan fingerprint density at radius 2 is 1.78 bits per heavy atom. The highest BCUT2D eigenvalue weighted by molar-refractivity contribution is 7.98. The molecule has 32 heavy (non-hydrogen) atoms. The van der Waals surface area contributed by atoms with E-state index in [0.29, 0.717) is 17.3 Å². The summed E-state index contributed by atoms with van der Waals surface area (Å²) in [5, 5.41) is 19.1. The van der Waals surface area contributed by atoms with Crippen LogP contribution in [-0.2, 0) is 11.5 Å². The molecular weight excluding hydrogens is 436 g/mol. The van der Waals surface area contributed by atoms with Gasteiger partial charge in [0.2, 0.25) is 0 Å². The number of rotatable bonds is 7. The summed E-state index contributed by atoms with van der Waals surface area (Å²) in [6.45, 7) is 0. The molecule has 11 heteroatoms. The molecule has 3 aromatic rings. The van der Waals surface area contributed by atoms with E-state index in [0.717, 1.165) is 22.7 Å². The van der Waals surface area contributed by atoms with Crippen molar-refractivity contribution in [3.05, 3.63) is 63.3 Å². The van der Waals surface area contributed by atoms with Crippen molar-refractivity contribution in [2.24, 2.45) is 0 Å². The Labute approximate surface area is 187 Å². The molecule has 1 N–H and O–H groups in total. The third-order valence-corrected chi connectivity index (χ3v) is 6.01. The van der Waals surface area contributed by atoms with E-state index in [9.17, 15) is 14.9 Å². The number of fused-ring (bicyclic) bond motifs is 1. The van der Waals surface area contributed by atoms with Crippen LogP contribution in [0.25, 0.3) is 5.69 Å². The van der Waals surface area contributed by atoms with Crippen molar-refractivity contribution in [1.82, 2.24) is 9.78 Å². The van der Waals surface area contributed by atoms with Crippen LogP contribution in [0.1, 0.15) is 21.6 Å². The summed E-state index contributed by atoms with van der Waals surface area (Å²) >= 11 is 1.68. The second-order valence-electron chi connectivity index (χ2n) is 6.81. The normalized spacial score (nSPS) is 12.2. The Kier molecular flexibility index (Phi) is 5.91. The first-order chi connectivity index (χ1) is 15.5. The van der Waals surface area contributed by atoms with Crippen LogP contribution in [0.3, 0.4) is 0 Å². The minimum atomic E-state index is -0.646. The number of amides is 1. The summed E-state index contributed by atoms with van der Waals surface area (Å²) in [6, 6.07) is 9.71. The van der Waals surface area contributed by atoms with Crippen LogP contribution in [-0.4, -0.2) is 41.9 Å². The maximum Gasteiger partial charge on any atom is 0.286 e. The van der Waals surface area contributed by atoms with Gasteiger partial charge in [-0.25, -0.2) is 4.68 Å². The molecule has 1 aliphatic rings. The van der Waals surface area contributed by atoms with Crippen molar-refractivity contribution < 1.29 is 23.9 Å². The molecule has 10 nitrogen and oxygen atoms in total. The highest BCUT2D eigenvalue weighted by atomic mass is 32.2. The van der Waals surface area contributed by atoms with Crippen LogP contribution >= 0.6 is 11.8 Å². The predicted octanol–water partition coefficient (Wildman–Crippen LogP) is 3.81. The van der Waals surface area contributed by atoms with Gasteiger partial charge in [0, 0.05) is 23.1 Å². The van der Waals surface area contributed by atoms with E-state index < -0.39 is 10.8 Å². The van der Waals surface area contributed by atoms with Crippen molar-refractivity contribution in [3.8, 4) is 22.9 Å². The van der Waals surface area contributed by atoms with Crippen LogP contribution in [0.2, 0.25) is 0 Å². The van der Waals surface area contributed by atoms with E-state index >= 15 is 0 Å². The number of ether oxygens (including phenoxy) is 3. The summed E-state index contributed by atoms with van der Waals surface area (Å²) in [7, 11) is 4.35. The van der Waals surface area contributed by atoms with Crippen molar-refractivity contribution in [1.29, 1.82) is 0 Å². The SMILES string of the molecule is COc1ccc(-n2nc3c(c2NC(=O)c2cc(OC)c(OC)cc2[N+](=O)[O-])CSC3)cc1. The van der Waals surface area contributed by atoms with Gasteiger partial charge in [0.1, 0.15) is 17.1 Å². The molecule has 0 atom stereocenters. The zero-order valence-electron chi connectivity index (χ0n) is 17.6. The number of hydrogen-bond acceptors (Lipinski definition) is 8. The molecule has 1 aliphatic heterocycles. The van der Waals surface area contributed by atoms with Gasteiger partial charge in [-0.05, 0) is 24.3 Å². The molecule has 2 heterocycles. The average molecular weight is 456 g/mol. The van der Waals surface area contributed by atoms with E-state index in [1.165, 1.54) is 26.4 Å². The lowest BCUT2D eigenvalue weighted by atomic mass is 10.1. The number of thioether (sulfide) groups is 1. The quantitative estimate of drug-likeness (QED) is 0.421. The summed E-state index contributed by atoms with van der Waals surface area (Å²) in [6.07, 6.45) is 0.